The summed E-state index contributed by atoms with van der Waals surface area (Å²) in [4.78, 5) is 58.8. The van der Waals surface area contributed by atoms with Crippen LogP contribution in [0.3, 0.4) is 0 Å². The summed E-state index contributed by atoms with van der Waals surface area (Å²) in [5, 5.41) is 20.7. The van der Waals surface area contributed by atoms with E-state index in [2.05, 4.69) is 203 Å². The van der Waals surface area contributed by atoms with E-state index in [4.69, 9.17) is 32.3 Å². The maximum atomic E-state index is 13.0. The molecule has 0 rings (SSSR count). The van der Waals surface area contributed by atoms with E-state index in [9.17, 15) is 43.5 Å². The van der Waals surface area contributed by atoms with E-state index >= 15 is 0 Å². The highest BCUT2D eigenvalue weighted by Gasteiger charge is 2.29. The number of allylic oxidation sites excluding steroid dienone is 30. The van der Waals surface area contributed by atoms with Crippen LogP contribution < -0.4 is 0 Å². The van der Waals surface area contributed by atoms with E-state index < -0.39 is 91.5 Å². The van der Waals surface area contributed by atoms with E-state index in [-0.39, 0.29) is 19.3 Å². The number of carbonyl (C=O) groups is 3. The summed E-state index contributed by atoms with van der Waals surface area (Å²) in [6.07, 6.45) is 104. The molecule has 608 valence electrons. The summed E-state index contributed by atoms with van der Waals surface area (Å²) in [7, 11) is -9.83. The normalized spacial score (nSPS) is 14.9. The van der Waals surface area contributed by atoms with Gasteiger partial charge in [0.15, 0.2) is 6.10 Å². The highest BCUT2D eigenvalue weighted by atomic mass is 31.2. The summed E-state index contributed by atoms with van der Waals surface area (Å²) in [6, 6.07) is 0. The zero-order valence-corrected chi connectivity index (χ0v) is 68.3. The molecule has 0 saturated heterocycles. The fraction of sp³-hybridized carbons (Fsp3) is 0.629. The third-order valence-electron chi connectivity index (χ3n) is 16.6. The van der Waals surface area contributed by atoms with E-state index in [0.717, 1.165) is 167 Å². The molecule has 16 nitrogen and oxygen atoms in total. The summed E-state index contributed by atoms with van der Waals surface area (Å²) >= 11 is 0. The third kappa shape index (κ3) is 81.5. The molecule has 18 heteroatoms. The number of phosphoric acid groups is 2. The first-order chi connectivity index (χ1) is 52.2. The lowest BCUT2D eigenvalue weighted by molar-refractivity contribution is -0.161. The molecule has 0 heterocycles. The molecule has 0 aliphatic heterocycles. The van der Waals surface area contributed by atoms with Crippen LogP contribution in [-0.2, 0) is 55.8 Å². The van der Waals surface area contributed by atoms with E-state index in [1.165, 1.54) is 77.0 Å². The second-order valence-electron chi connectivity index (χ2n) is 26.8. The van der Waals surface area contributed by atoms with Crippen molar-refractivity contribution in [2.24, 2.45) is 0 Å². The number of phosphoric ester groups is 2. The number of hydrogen-bond donors (Lipinski definition) is 4. The predicted octanol–water partition coefficient (Wildman–Crippen LogP) is 24.5. The van der Waals surface area contributed by atoms with Crippen molar-refractivity contribution in [2.75, 3.05) is 39.6 Å². The maximum absolute atomic E-state index is 13.0. The number of ether oxygens (including phenoxy) is 3. The van der Waals surface area contributed by atoms with Crippen molar-refractivity contribution < 1.29 is 75.8 Å². The lowest BCUT2D eigenvalue weighted by atomic mass is 10.0. The van der Waals surface area contributed by atoms with E-state index in [1.807, 2.05) is 0 Å². The Labute approximate surface area is 649 Å². The van der Waals surface area contributed by atoms with Gasteiger partial charge in [0.2, 0.25) is 0 Å². The lowest BCUT2D eigenvalue weighted by Crippen LogP contribution is -2.30. The Kier molecular flexibility index (Phi) is 76.2. The molecular formula is C89H146O16P2. The first-order valence-corrected chi connectivity index (χ1v) is 44.1. The largest absolute Gasteiger partial charge is 0.472 e. The van der Waals surface area contributed by atoms with Gasteiger partial charge in [-0.1, -0.05) is 306 Å². The number of esters is 3. The topological polar surface area (TPSA) is 231 Å². The van der Waals surface area contributed by atoms with Gasteiger partial charge < -0.3 is 34.2 Å². The fourth-order valence-electron chi connectivity index (χ4n) is 10.4. The monoisotopic (exact) mass is 1530 g/mol. The van der Waals surface area contributed by atoms with Crippen molar-refractivity contribution in [1.82, 2.24) is 0 Å². The fourth-order valence-corrected chi connectivity index (χ4v) is 12.0. The van der Waals surface area contributed by atoms with Crippen LogP contribution in [0.25, 0.3) is 0 Å². The first-order valence-electron chi connectivity index (χ1n) is 41.1. The highest BCUT2D eigenvalue weighted by Crippen LogP contribution is 2.45. The van der Waals surface area contributed by atoms with Crippen molar-refractivity contribution in [2.45, 2.75) is 322 Å². The second-order valence-corrected chi connectivity index (χ2v) is 29.7. The van der Waals surface area contributed by atoms with Crippen molar-refractivity contribution in [3.05, 3.63) is 182 Å². The molecule has 0 aliphatic rings. The van der Waals surface area contributed by atoms with Gasteiger partial charge in [0.1, 0.15) is 25.4 Å². The van der Waals surface area contributed by atoms with Gasteiger partial charge in [-0.15, -0.1) is 0 Å². The quantitative estimate of drug-likeness (QED) is 0.0146. The van der Waals surface area contributed by atoms with Crippen molar-refractivity contribution in [3.63, 3.8) is 0 Å². The number of aliphatic hydroxyl groups is 2. The molecule has 5 atom stereocenters. The van der Waals surface area contributed by atoms with Gasteiger partial charge in [-0.3, -0.25) is 32.5 Å². The van der Waals surface area contributed by atoms with Gasteiger partial charge in [0.25, 0.3) is 0 Å². The van der Waals surface area contributed by atoms with Crippen LogP contribution in [0.2, 0.25) is 0 Å². The summed E-state index contributed by atoms with van der Waals surface area (Å²) < 4.78 is 61.2. The minimum atomic E-state index is -4.96. The standard InChI is InChI=1S/C89H146O16P2/c1-4-7-10-13-16-19-22-25-28-31-34-37-38-39-40-41-42-43-44-47-49-51-54-57-60-63-66-69-72-75-87(92)99-78-84(90)79-101-106(95,96)102-80-85(91)81-103-107(97,98)104-83-86(105-89(94)77-74-71-68-65-62-59-56-53-50-46-36-33-30-27-24-21-18-15-12-9-6-3)82-100-88(93)76-73-70-67-64-61-58-55-52-48-45-35-32-29-26-23-20-17-14-11-8-5-2/h7-8,10-11,16-21,25-30,34-37,39-40,45-46,52-53,55-56,61,64,84-86,90-91H,4-6,9,12-15,22-24,31-33,38,41-44,47-51,54,57-60,62-63,65-83H2,1-3H3,(H,95,96)(H,97,98)/b10-7-,11-8-,19-16-,20-17-,21-18-,28-25-,29-26-,30-27-,37-34-,40-39-,45-35-,46-36-,55-52-,56-53-,64-61-. The van der Waals surface area contributed by atoms with Crippen LogP contribution in [0.4, 0.5) is 0 Å². The van der Waals surface area contributed by atoms with Gasteiger partial charge in [-0.2, -0.15) is 0 Å². The number of carbonyl (C=O) groups excluding carboxylic acids is 3. The Morgan fingerprint density at radius 2 is 0.495 bits per heavy atom. The average molecular weight is 1530 g/mol. The zero-order chi connectivity index (χ0) is 78.0. The molecule has 0 fully saturated rings. The molecule has 0 aromatic carbocycles. The van der Waals surface area contributed by atoms with Crippen LogP contribution in [0, 0.1) is 0 Å². The summed E-state index contributed by atoms with van der Waals surface area (Å²) in [5.74, 6) is -1.66. The number of hydrogen-bond acceptors (Lipinski definition) is 14. The third-order valence-corrected chi connectivity index (χ3v) is 18.5. The van der Waals surface area contributed by atoms with Gasteiger partial charge in [0, 0.05) is 19.3 Å². The van der Waals surface area contributed by atoms with Crippen LogP contribution in [-0.4, -0.2) is 95.9 Å². The minimum Gasteiger partial charge on any atom is -0.463 e. The highest BCUT2D eigenvalue weighted by molar-refractivity contribution is 7.47. The molecule has 4 N–H and O–H groups in total. The van der Waals surface area contributed by atoms with E-state index in [0.29, 0.717) is 19.3 Å². The van der Waals surface area contributed by atoms with Crippen molar-refractivity contribution >= 4 is 33.6 Å². The van der Waals surface area contributed by atoms with Gasteiger partial charge in [-0.25, -0.2) is 9.13 Å². The number of aliphatic hydroxyl groups excluding tert-OH is 2. The maximum Gasteiger partial charge on any atom is 0.472 e. The Morgan fingerprint density at radius 1 is 0.271 bits per heavy atom. The molecule has 0 radical (unpaired) electrons. The lowest BCUT2D eigenvalue weighted by Gasteiger charge is -2.21. The minimum absolute atomic E-state index is 0.0668. The number of rotatable bonds is 76. The van der Waals surface area contributed by atoms with Crippen LogP contribution in [0.15, 0.2) is 182 Å². The Morgan fingerprint density at radius 3 is 0.804 bits per heavy atom. The molecule has 107 heavy (non-hydrogen) atoms. The van der Waals surface area contributed by atoms with Crippen LogP contribution >= 0.6 is 15.6 Å². The average Bonchev–Trinajstić information content (AvgIpc) is 0.929. The molecule has 0 spiro atoms. The predicted molar refractivity (Wildman–Crippen MR) is 445 cm³/mol. The van der Waals surface area contributed by atoms with Crippen molar-refractivity contribution in [3.8, 4) is 0 Å². The molecule has 0 saturated carbocycles. The molecule has 5 unspecified atom stereocenters. The van der Waals surface area contributed by atoms with E-state index in [1.54, 1.807) is 0 Å². The van der Waals surface area contributed by atoms with Crippen LogP contribution in [0.5, 0.6) is 0 Å². The first kappa shape index (κ1) is 102. The molecule has 0 amide bonds. The van der Waals surface area contributed by atoms with Gasteiger partial charge in [-0.05, 0) is 161 Å². The summed E-state index contributed by atoms with van der Waals surface area (Å²) in [5.41, 5.74) is 0. The Bertz CT molecular complexity index is 2670. The van der Waals surface area contributed by atoms with Crippen molar-refractivity contribution in [1.29, 1.82) is 0 Å². The Hall–Kier alpha value is -5.35. The zero-order valence-electron chi connectivity index (χ0n) is 66.5. The van der Waals surface area contributed by atoms with Crippen LogP contribution in [0.1, 0.15) is 303 Å². The molecule has 0 aromatic rings. The molecule has 0 bridgehead atoms. The number of unbranched alkanes of at least 4 members (excludes halogenated alkanes) is 23. The Balaban J connectivity index is 4.68. The van der Waals surface area contributed by atoms with Gasteiger partial charge in [0.05, 0.1) is 26.4 Å². The molecular weight excluding hydrogens is 1390 g/mol. The summed E-state index contributed by atoms with van der Waals surface area (Å²) in [6.45, 7) is 2.35. The van der Waals surface area contributed by atoms with Gasteiger partial charge >= 0.3 is 33.6 Å². The smallest absolute Gasteiger partial charge is 0.463 e. The SMILES string of the molecule is CC/C=C\C/C=C\C/C=C\C/C=C\C/C=C\C/C=C\CCCCC(=O)OCC(COP(=O)(O)OCC(O)COP(=O)(O)OCC(O)COC(=O)CCCCCCCCCCCCCCC/C=C\C/C=C\C/C=C\C/C=C\C/C=C\CC)OC(=O)CCCCCCC/C=C\C/C=C\C/C=C\C/C=C\CCCCC. The molecule has 0 aliphatic carbocycles. The molecule has 0 aromatic heterocycles. The second kappa shape index (κ2) is 80.2.